The fourth-order valence-corrected chi connectivity index (χ4v) is 3.17. The van der Waals surface area contributed by atoms with Crippen LogP contribution in [-0.4, -0.2) is 37.1 Å². The molecule has 134 valence electrons. The molecule has 3 rings (SSSR count). The molecule has 2 unspecified atom stereocenters. The standard InChI is InChI=1S/C17H22N4O4/c1-17(15(23)20-16(24)21-17)11-3-2-4-12(9-11)19-14(22)13(18)10-5-7-25-8-6-10/h2-4,9-10,13H,5-8,18H2,1H3,(H,19,22)(H2,20,21,23,24). The number of amides is 4. The number of anilines is 1. The number of carbonyl (C=O) groups is 3. The Morgan fingerprint density at radius 3 is 2.72 bits per heavy atom. The number of rotatable bonds is 4. The Bertz CT molecular complexity index is 702. The van der Waals surface area contributed by atoms with Crippen molar-refractivity contribution in [3.8, 4) is 0 Å². The fraction of sp³-hybridized carbons (Fsp3) is 0.471. The summed E-state index contributed by atoms with van der Waals surface area (Å²) in [4.78, 5) is 35.9. The normalized spacial score (nSPS) is 25.2. The highest BCUT2D eigenvalue weighted by atomic mass is 16.5. The number of urea groups is 1. The summed E-state index contributed by atoms with van der Waals surface area (Å²) in [7, 11) is 0. The van der Waals surface area contributed by atoms with E-state index in [0.717, 1.165) is 12.8 Å². The third-order valence-corrected chi connectivity index (χ3v) is 4.83. The molecule has 0 radical (unpaired) electrons. The summed E-state index contributed by atoms with van der Waals surface area (Å²) in [5.74, 6) is -0.608. The lowest BCUT2D eigenvalue weighted by Gasteiger charge is -2.27. The Hall–Kier alpha value is -2.45. The molecule has 4 amide bonds. The van der Waals surface area contributed by atoms with Crippen LogP contribution >= 0.6 is 0 Å². The van der Waals surface area contributed by atoms with Crippen LogP contribution in [-0.2, 0) is 19.9 Å². The molecule has 25 heavy (non-hydrogen) atoms. The quantitative estimate of drug-likeness (QED) is 0.589. The van der Waals surface area contributed by atoms with E-state index >= 15 is 0 Å². The van der Waals surface area contributed by atoms with Gasteiger partial charge in [0.15, 0.2) is 0 Å². The van der Waals surface area contributed by atoms with Crippen LogP contribution in [0.3, 0.4) is 0 Å². The summed E-state index contributed by atoms with van der Waals surface area (Å²) in [5, 5.41) is 7.62. The van der Waals surface area contributed by atoms with E-state index in [1.54, 1.807) is 31.2 Å². The minimum atomic E-state index is -1.17. The lowest BCUT2D eigenvalue weighted by Crippen LogP contribution is -2.44. The highest BCUT2D eigenvalue weighted by Crippen LogP contribution is 2.27. The van der Waals surface area contributed by atoms with Crippen LogP contribution in [0.25, 0.3) is 0 Å². The van der Waals surface area contributed by atoms with Crippen LogP contribution in [0.15, 0.2) is 24.3 Å². The summed E-state index contributed by atoms with van der Waals surface area (Å²) in [6.07, 6.45) is 1.53. The molecule has 5 N–H and O–H groups in total. The third-order valence-electron chi connectivity index (χ3n) is 4.83. The van der Waals surface area contributed by atoms with Gasteiger partial charge in [-0.1, -0.05) is 12.1 Å². The first-order valence-corrected chi connectivity index (χ1v) is 8.28. The van der Waals surface area contributed by atoms with Crippen LogP contribution in [0.2, 0.25) is 0 Å². The lowest BCUT2D eigenvalue weighted by molar-refractivity contribution is -0.123. The molecule has 8 nitrogen and oxygen atoms in total. The van der Waals surface area contributed by atoms with Crippen molar-refractivity contribution in [1.29, 1.82) is 0 Å². The van der Waals surface area contributed by atoms with E-state index in [4.69, 9.17) is 10.5 Å². The highest BCUT2D eigenvalue weighted by Gasteiger charge is 2.43. The zero-order valence-electron chi connectivity index (χ0n) is 14.0. The first-order valence-electron chi connectivity index (χ1n) is 8.28. The molecule has 1 aromatic rings. The van der Waals surface area contributed by atoms with Gasteiger partial charge in [-0.3, -0.25) is 14.9 Å². The van der Waals surface area contributed by atoms with Gasteiger partial charge >= 0.3 is 6.03 Å². The van der Waals surface area contributed by atoms with Gasteiger partial charge < -0.3 is 21.1 Å². The number of nitrogens with two attached hydrogens (primary N) is 1. The molecule has 2 atom stereocenters. The van der Waals surface area contributed by atoms with Gasteiger partial charge in [-0.2, -0.15) is 0 Å². The van der Waals surface area contributed by atoms with Crippen LogP contribution in [0, 0.1) is 5.92 Å². The van der Waals surface area contributed by atoms with E-state index in [9.17, 15) is 14.4 Å². The molecule has 2 heterocycles. The fourth-order valence-electron chi connectivity index (χ4n) is 3.17. The number of carbonyl (C=O) groups excluding carboxylic acids is 3. The van der Waals surface area contributed by atoms with E-state index in [-0.39, 0.29) is 11.8 Å². The first-order chi connectivity index (χ1) is 11.9. The van der Waals surface area contributed by atoms with E-state index in [1.165, 1.54) is 0 Å². The summed E-state index contributed by atoms with van der Waals surface area (Å²) in [5.41, 5.74) is 6.02. The van der Waals surface area contributed by atoms with Crippen LogP contribution in [0.5, 0.6) is 0 Å². The molecule has 2 aliphatic rings. The molecule has 0 spiro atoms. The minimum absolute atomic E-state index is 0.0920. The SMILES string of the molecule is CC1(c2cccc(NC(=O)C(N)C3CCOCC3)c2)NC(=O)NC1=O. The maximum Gasteiger partial charge on any atom is 0.322 e. The van der Waals surface area contributed by atoms with Crippen molar-refractivity contribution < 1.29 is 19.1 Å². The number of hydrogen-bond acceptors (Lipinski definition) is 5. The number of nitrogens with one attached hydrogen (secondary N) is 3. The van der Waals surface area contributed by atoms with Crippen molar-refractivity contribution >= 4 is 23.5 Å². The first kappa shape index (κ1) is 17.4. The number of hydrogen-bond donors (Lipinski definition) is 4. The van der Waals surface area contributed by atoms with Crippen LogP contribution in [0.4, 0.5) is 10.5 Å². The monoisotopic (exact) mass is 346 g/mol. The van der Waals surface area contributed by atoms with Gasteiger partial charge in [0.2, 0.25) is 5.91 Å². The molecular formula is C17H22N4O4. The third kappa shape index (κ3) is 3.49. The van der Waals surface area contributed by atoms with Crippen molar-refractivity contribution in [2.45, 2.75) is 31.3 Å². The second-order valence-electron chi connectivity index (χ2n) is 6.58. The summed E-state index contributed by atoms with van der Waals surface area (Å²) < 4.78 is 5.29. The zero-order chi connectivity index (χ0) is 18.0. The van der Waals surface area contributed by atoms with Gasteiger partial charge in [-0.15, -0.1) is 0 Å². The molecule has 8 heteroatoms. The van der Waals surface area contributed by atoms with Crippen LogP contribution in [0.1, 0.15) is 25.3 Å². The molecule has 0 aromatic heterocycles. The Morgan fingerprint density at radius 1 is 1.36 bits per heavy atom. The minimum Gasteiger partial charge on any atom is -0.381 e. The zero-order valence-corrected chi connectivity index (χ0v) is 14.0. The second kappa shape index (κ2) is 6.81. The summed E-state index contributed by atoms with van der Waals surface area (Å²) in [6, 6.07) is 5.67. The Labute approximate surface area is 145 Å². The lowest BCUT2D eigenvalue weighted by atomic mass is 9.91. The van der Waals surface area contributed by atoms with E-state index in [2.05, 4.69) is 16.0 Å². The molecule has 1 aromatic carbocycles. The van der Waals surface area contributed by atoms with Crippen LogP contribution < -0.4 is 21.7 Å². The van der Waals surface area contributed by atoms with E-state index in [0.29, 0.717) is 24.5 Å². The molecule has 0 aliphatic carbocycles. The van der Waals surface area contributed by atoms with Gasteiger partial charge in [0, 0.05) is 18.9 Å². The molecular weight excluding hydrogens is 324 g/mol. The molecule has 2 fully saturated rings. The predicted molar refractivity (Wildman–Crippen MR) is 90.6 cm³/mol. The van der Waals surface area contributed by atoms with E-state index in [1.807, 2.05) is 0 Å². The van der Waals surface area contributed by atoms with Gasteiger partial charge in [-0.05, 0) is 43.4 Å². The topological polar surface area (TPSA) is 123 Å². The number of imide groups is 1. The van der Waals surface area contributed by atoms with Crippen molar-refractivity contribution in [3.63, 3.8) is 0 Å². The summed E-state index contributed by atoms with van der Waals surface area (Å²) in [6.45, 7) is 2.85. The largest absolute Gasteiger partial charge is 0.381 e. The Morgan fingerprint density at radius 2 is 2.08 bits per heavy atom. The Balaban J connectivity index is 1.72. The Kier molecular flexibility index (Phi) is 4.73. The average molecular weight is 346 g/mol. The van der Waals surface area contributed by atoms with E-state index < -0.39 is 23.5 Å². The van der Waals surface area contributed by atoms with Crippen molar-refractivity contribution in [3.05, 3.63) is 29.8 Å². The van der Waals surface area contributed by atoms with Crippen molar-refractivity contribution in [1.82, 2.24) is 10.6 Å². The van der Waals surface area contributed by atoms with Gasteiger partial charge in [-0.25, -0.2) is 4.79 Å². The highest BCUT2D eigenvalue weighted by molar-refractivity contribution is 6.07. The maximum absolute atomic E-state index is 12.4. The molecule has 2 saturated heterocycles. The van der Waals surface area contributed by atoms with Crippen molar-refractivity contribution in [2.24, 2.45) is 11.7 Å². The average Bonchev–Trinajstić information content (AvgIpc) is 2.88. The van der Waals surface area contributed by atoms with Gasteiger partial charge in [0.25, 0.3) is 5.91 Å². The summed E-state index contributed by atoms with van der Waals surface area (Å²) >= 11 is 0. The molecule has 0 bridgehead atoms. The molecule has 2 aliphatic heterocycles. The second-order valence-corrected chi connectivity index (χ2v) is 6.58. The van der Waals surface area contributed by atoms with Crippen molar-refractivity contribution in [2.75, 3.05) is 18.5 Å². The number of ether oxygens (including phenoxy) is 1. The smallest absolute Gasteiger partial charge is 0.322 e. The predicted octanol–water partition coefficient (Wildman–Crippen LogP) is 0.434. The molecule has 0 saturated carbocycles. The maximum atomic E-state index is 12.4. The van der Waals surface area contributed by atoms with Gasteiger partial charge in [0.1, 0.15) is 5.54 Å². The van der Waals surface area contributed by atoms with Gasteiger partial charge in [0.05, 0.1) is 6.04 Å². The number of benzene rings is 1.